The molecule has 5 rings (SSSR count). The summed E-state index contributed by atoms with van der Waals surface area (Å²) in [6, 6.07) is 19.7. The van der Waals surface area contributed by atoms with Crippen LogP contribution in [0, 0.1) is 5.41 Å². The van der Waals surface area contributed by atoms with E-state index in [4.69, 9.17) is 22.1 Å². The lowest BCUT2D eigenvalue weighted by molar-refractivity contribution is -0.154. The molecule has 1 heterocycles. The number of benzene rings is 3. The third-order valence-corrected chi connectivity index (χ3v) is 8.21. The van der Waals surface area contributed by atoms with Gasteiger partial charge in [-0.25, -0.2) is 0 Å². The Labute approximate surface area is 302 Å². The quantitative estimate of drug-likeness (QED) is 0.0930. The largest absolute Gasteiger partial charge is 0.454 e. The molecule has 4 aromatic rings. The molecular formula is C35H37ClF3N9O4. The maximum Gasteiger partial charge on any atom is 0.422 e. The van der Waals surface area contributed by atoms with E-state index >= 15 is 0 Å². The Kier molecular flexibility index (Phi) is 11.5. The first-order valence-corrected chi connectivity index (χ1v) is 16.5. The van der Waals surface area contributed by atoms with Crippen molar-refractivity contribution in [3.05, 3.63) is 94.5 Å². The molecule has 0 bridgehead atoms. The first-order chi connectivity index (χ1) is 24.6. The fourth-order valence-corrected chi connectivity index (χ4v) is 5.08. The van der Waals surface area contributed by atoms with Gasteiger partial charge < -0.3 is 37.1 Å². The van der Waals surface area contributed by atoms with Crippen LogP contribution in [-0.2, 0) is 21.7 Å². The molecule has 1 aliphatic rings. The highest BCUT2D eigenvalue weighted by atomic mass is 35.5. The highest BCUT2D eigenvalue weighted by Crippen LogP contribution is 2.48. The van der Waals surface area contributed by atoms with E-state index in [2.05, 4.69) is 41.5 Å². The van der Waals surface area contributed by atoms with Gasteiger partial charge in [0.05, 0.1) is 5.54 Å². The molecule has 0 atom stereocenters. The number of hydrogen-bond donors (Lipinski definition) is 6. The van der Waals surface area contributed by atoms with Crippen molar-refractivity contribution in [2.45, 2.75) is 44.9 Å². The molecule has 1 aromatic heterocycles. The molecule has 0 unspecified atom stereocenters. The smallest absolute Gasteiger partial charge is 0.422 e. The summed E-state index contributed by atoms with van der Waals surface area (Å²) in [7, 11) is 0. The Hall–Kier alpha value is -5.48. The Morgan fingerprint density at radius 1 is 0.865 bits per heavy atom. The van der Waals surface area contributed by atoms with Crippen LogP contribution < -0.4 is 37.1 Å². The number of carbonyl (C=O) groups excluding carboxylic acids is 3. The van der Waals surface area contributed by atoms with Crippen LogP contribution in [0.1, 0.15) is 48.2 Å². The lowest BCUT2D eigenvalue weighted by Crippen LogP contribution is -2.44. The number of ether oxygens (including phenoxy) is 1. The van der Waals surface area contributed by atoms with Crippen LogP contribution >= 0.6 is 11.6 Å². The number of nitrogens with zero attached hydrogens (tertiary/aromatic N) is 3. The molecule has 0 spiro atoms. The minimum absolute atomic E-state index is 0.00912. The van der Waals surface area contributed by atoms with Crippen LogP contribution in [0.15, 0.2) is 72.8 Å². The van der Waals surface area contributed by atoms with Gasteiger partial charge in [0.1, 0.15) is 0 Å². The van der Waals surface area contributed by atoms with Gasteiger partial charge in [0, 0.05) is 41.6 Å². The van der Waals surface area contributed by atoms with Crippen LogP contribution in [0.5, 0.6) is 6.01 Å². The number of anilines is 4. The average molecular weight is 740 g/mol. The topological polar surface area (TPSA) is 185 Å². The van der Waals surface area contributed by atoms with E-state index in [0.29, 0.717) is 22.0 Å². The SMILES string of the molecule is CC(C)(CNC(=O)C(=O)Nc1cccc(CN)c1)CNC(=O)c1ccc(Nc2nc(NC3(c4ccc(Cl)cc4)CC3)nc(OCC(F)(F)F)n2)cc1. The van der Waals surface area contributed by atoms with Crippen molar-refractivity contribution < 1.29 is 32.3 Å². The van der Waals surface area contributed by atoms with Gasteiger partial charge in [-0.1, -0.05) is 49.7 Å². The van der Waals surface area contributed by atoms with E-state index in [0.717, 1.165) is 24.0 Å². The second kappa shape index (κ2) is 15.8. The first kappa shape index (κ1) is 37.8. The molecule has 13 nitrogen and oxygen atoms in total. The Balaban J connectivity index is 1.17. The van der Waals surface area contributed by atoms with Gasteiger partial charge in [-0.3, -0.25) is 14.4 Å². The van der Waals surface area contributed by atoms with Gasteiger partial charge in [-0.15, -0.1) is 0 Å². The molecule has 3 amide bonds. The van der Waals surface area contributed by atoms with Gasteiger partial charge in [0.2, 0.25) is 11.9 Å². The van der Waals surface area contributed by atoms with E-state index in [1.807, 2.05) is 26.0 Å². The summed E-state index contributed by atoms with van der Waals surface area (Å²) in [6.45, 7) is 2.60. The zero-order chi connectivity index (χ0) is 37.5. The minimum Gasteiger partial charge on any atom is -0.454 e. The summed E-state index contributed by atoms with van der Waals surface area (Å²) >= 11 is 6.03. The maximum atomic E-state index is 12.9. The van der Waals surface area contributed by atoms with Gasteiger partial charge in [0.25, 0.3) is 5.91 Å². The maximum absolute atomic E-state index is 12.9. The monoisotopic (exact) mass is 739 g/mol. The second-order valence-corrected chi connectivity index (χ2v) is 13.4. The van der Waals surface area contributed by atoms with Gasteiger partial charge >= 0.3 is 24.0 Å². The lowest BCUT2D eigenvalue weighted by Gasteiger charge is -2.25. The zero-order valence-corrected chi connectivity index (χ0v) is 29.0. The third kappa shape index (κ3) is 10.8. The van der Waals surface area contributed by atoms with Crippen molar-refractivity contribution in [1.82, 2.24) is 25.6 Å². The van der Waals surface area contributed by atoms with Crippen LogP contribution in [-0.4, -0.2) is 58.5 Å². The van der Waals surface area contributed by atoms with Crippen molar-refractivity contribution >= 4 is 52.6 Å². The highest BCUT2D eigenvalue weighted by molar-refractivity contribution is 6.39. The normalized spacial score (nSPS) is 13.4. The molecule has 274 valence electrons. The third-order valence-electron chi connectivity index (χ3n) is 7.96. The molecule has 0 radical (unpaired) electrons. The minimum atomic E-state index is -4.61. The molecule has 0 aliphatic heterocycles. The Morgan fingerprint density at radius 2 is 1.54 bits per heavy atom. The number of carbonyl (C=O) groups is 3. The predicted molar refractivity (Wildman–Crippen MR) is 189 cm³/mol. The molecule has 1 saturated carbocycles. The second-order valence-electron chi connectivity index (χ2n) is 13.0. The summed E-state index contributed by atoms with van der Waals surface area (Å²) in [5, 5.41) is 14.6. The van der Waals surface area contributed by atoms with Crippen molar-refractivity contribution in [1.29, 1.82) is 0 Å². The van der Waals surface area contributed by atoms with E-state index in [-0.39, 0.29) is 31.5 Å². The van der Waals surface area contributed by atoms with E-state index < -0.39 is 47.5 Å². The molecule has 17 heteroatoms. The molecule has 52 heavy (non-hydrogen) atoms. The summed E-state index contributed by atoms with van der Waals surface area (Å²) in [6.07, 6.45) is -3.14. The zero-order valence-electron chi connectivity index (χ0n) is 28.2. The van der Waals surface area contributed by atoms with Crippen molar-refractivity contribution in [3.63, 3.8) is 0 Å². The summed E-state index contributed by atoms with van der Waals surface area (Å²) in [5.74, 6) is -2.12. The number of halogens is 4. The van der Waals surface area contributed by atoms with Crippen molar-refractivity contribution in [2.75, 3.05) is 35.6 Å². The van der Waals surface area contributed by atoms with Gasteiger partial charge in [0.15, 0.2) is 6.61 Å². The standard InChI is InChI=1S/C35H37ClF3N9O4/c1-33(2,19-42-28(50)29(51)43-26-5-3-4-21(16-26)17-40)18-41-27(49)22-6-12-25(13-7-22)44-30-45-31(47-32(46-30)52-20-35(37,38)39)48-34(14-15-34)23-8-10-24(36)11-9-23/h3-13,16H,14-15,17-20,40H2,1-2H3,(H,41,49)(H,42,50)(H,43,51)(H2,44,45,46,47,48). The van der Waals surface area contributed by atoms with Gasteiger partial charge in [-0.05, 0) is 77.9 Å². The fourth-order valence-electron chi connectivity index (χ4n) is 4.95. The fraction of sp³-hybridized carbons (Fsp3) is 0.314. The van der Waals surface area contributed by atoms with Crippen LogP contribution in [0.4, 0.5) is 36.4 Å². The Morgan fingerprint density at radius 3 is 2.19 bits per heavy atom. The molecule has 0 saturated heterocycles. The summed E-state index contributed by atoms with van der Waals surface area (Å²) < 4.78 is 43.6. The summed E-state index contributed by atoms with van der Waals surface area (Å²) in [5.41, 5.74) is 7.40. The lowest BCUT2D eigenvalue weighted by atomic mass is 9.93. The van der Waals surface area contributed by atoms with Crippen molar-refractivity contribution in [3.8, 4) is 6.01 Å². The Bertz CT molecular complexity index is 1910. The molecule has 7 N–H and O–H groups in total. The number of alkyl halides is 3. The number of nitrogens with two attached hydrogens (primary N) is 1. The number of nitrogens with one attached hydrogen (secondary N) is 5. The van der Waals surface area contributed by atoms with Gasteiger partial charge in [-0.2, -0.15) is 28.1 Å². The predicted octanol–water partition coefficient (Wildman–Crippen LogP) is 5.28. The number of hydrogen-bond acceptors (Lipinski definition) is 10. The molecular weight excluding hydrogens is 703 g/mol. The van der Waals surface area contributed by atoms with E-state index in [1.165, 1.54) is 12.1 Å². The van der Waals surface area contributed by atoms with Crippen molar-refractivity contribution in [2.24, 2.45) is 11.1 Å². The number of rotatable bonds is 14. The van der Waals surface area contributed by atoms with Crippen LogP contribution in [0.25, 0.3) is 0 Å². The summed E-state index contributed by atoms with van der Waals surface area (Å²) in [4.78, 5) is 50.1. The number of aromatic nitrogens is 3. The highest BCUT2D eigenvalue weighted by Gasteiger charge is 2.45. The number of amides is 3. The average Bonchev–Trinajstić information content (AvgIpc) is 3.89. The first-order valence-electron chi connectivity index (χ1n) is 16.2. The molecule has 1 fully saturated rings. The van der Waals surface area contributed by atoms with Crippen LogP contribution in [0.2, 0.25) is 5.02 Å². The molecule has 1 aliphatic carbocycles. The van der Waals surface area contributed by atoms with Crippen LogP contribution in [0.3, 0.4) is 0 Å². The van der Waals surface area contributed by atoms with E-state index in [1.54, 1.807) is 48.5 Å². The molecule has 3 aromatic carbocycles. The van der Waals surface area contributed by atoms with E-state index in [9.17, 15) is 27.6 Å².